The number of pyridine rings is 1. The molecule has 0 bridgehead atoms. The Bertz CT molecular complexity index is 647. The summed E-state index contributed by atoms with van der Waals surface area (Å²) in [5, 5.41) is 2.99. The second kappa shape index (κ2) is 7.72. The van der Waals surface area contributed by atoms with E-state index in [-0.39, 0.29) is 35.7 Å². The van der Waals surface area contributed by atoms with Crippen LogP contribution in [0.1, 0.15) is 18.5 Å². The summed E-state index contributed by atoms with van der Waals surface area (Å²) in [7, 11) is 0. The van der Waals surface area contributed by atoms with Gasteiger partial charge in [0.25, 0.3) is 0 Å². The fourth-order valence-corrected chi connectivity index (χ4v) is 4.23. The maximum Gasteiger partial charge on any atom is 0.228 e. The van der Waals surface area contributed by atoms with Crippen molar-refractivity contribution in [2.45, 2.75) is 25.5 Å². The van der Waals surface area contributed by atoms with Gasteiger partial charge < -0.3 is 19.7 Å². The molecule has 3 saturated heterocycles. The van der Waals surface area contributed by atoms with Crippen LogP contribution in [0, 0.1) is 17.8 Å². The summed E-state index contributed by atoms with van der Waals surface area (Å²) >= 11 is 0. The maximum absolute atomic E-state index is 12.8. The molecule has 140 valence electrons. The molecule has 4 heterocycles. The van der Waals surface area contributed by atoms with Crippen LogP contribution >= 0.6 is 0 Å². The number of piperidine rings is 1. The van der Waals surface area contributed by atoms with E-state index in [4.69, 9.17) is 9.47 Å². The number of carbonyl (C=O) groups is 2. The minimum absolute atomic E-state index is 0.0173. The molecule has 0 radical (unpaired) electrons. The first-order valence-electron chi connectivity index (χ1n) is 9.38. The lowest BCUT2D eigenvalue weighted by Gasteiger charge is -2.40. The van der Waals surface area contributed by atoms with Crippen LogP contribution in [0.2, 0.25) is 0 Å². The van der Waals surface area contributed by atoms with Crippen molar-refractivity contribution in [3.05, 3.63) is 30.1 Å². The Labute approximate surface area is 153 Å². The summed E-state index contributed by atoms with van der Waals surface area (Å²) < 4.78 is 11.2. The third-order valence-electron chi connectivity index (χ3n) is 5.69. The number of likely N-dealkylation sites (tertiary alicyclic amines) is 1. The molecular formula is C19H25N3O4. The number of hydrogen-bond donors (Lipinski definition) is 1. The minimum atomic E-state index is -0.230. The van der Waals surface area contributed by atoms with E-state index < -0.39 is 0 Å². The number of fused-ring (bicyclic) bond motifs is 1. The van der Waals surface area contributed by atoms with Crippen LogP contribution in [0.3, 0.4) is 0 Å². The molecule has 2 amide bonds. The SMILES string of the molecule is O=C(NCc1ccccn1)[C@@H]1CN(C(=O)C2CCOC2)C[C@H]2OCC[C@H]21. The van der Waals surface area contributed by atoms with Gasteiger partial charge in [-0.05, 0) is 25.0 Å². The van der Waals surface area contributed by atoms with Gasteiger partial charge in [0.05, 0.1) is 36.8 Å². The highest BCUT2D eigenvalue weighted by molar-refractivity contribution is 5.83. The second-order valence-electron chi connectivity index (χ2n) is 7.31. The lowest BCUT2D eigenvalue weighted by atomic mass is 9.81. The highest BCUT2D eigenvalue weighted by atomic mass is 16.5. The van der Waals surface area contributed by atoms with Crippen molar-refractivity contribution < 1.29 is 19.1 Å². The largest absolute Gasteiger partial charge is 0.381 e. The number of amides is 2. The Hall–Kier alpha value is -1.99. The molecule has 4 rings (SSSR count). The van der Waals surface area contributed by atoms with E-state index in [9.17, 15) is 9.59 Å². The van der Waals surface area contributed by atoms with Crippen molar-refractivity contribution in [3.63, 3.8) is 0 Å². The standard InChI is InChI=1S/C19H25N3O4/c23-18(21-9-14-3-1-2-6-20-14)16-10-22(11-17-15(16)5-8-26-17)19(24)13-4-7-25-12-13/h1-3,6,13,15-17H,4-5,7-12H2,(H,21,23)/t13?,15-,16+,17+/m0/s1. The molecule has 3 aliphatic heterocycles. The Balaban J connectivity index is 1.42. The van der Waals surface area contributed by atoms with Gasteiger partial charge in [-0.25, -0.2) is 0 Å². The number of rotatable bonds is 4. The van der Waals surface area contributed by atoms with Crippen LogP contribution in [0.4, 0.5) is 0 Å². The van der Waals surface area contributed by atoms with Crippen molar-refractivity contribution in [1.82, 2.24) is 15.2 Å². The Morgan fingerprint density at radius 1 is 1.23 bits per heavy atom. The highest BCUT2D eigenvalue weighted by Gasteiger charge is 2.46. The van der Waals surface area contributed by atoms with Crippen LogP contribution in [0.15, 0.2) is 24.4 Å². The van der Waals surface area contributed by atoms with Crippen molar-refractivity contribution in [1.29, 1.82) is 0 Å². The highest BCUT2D eigenvalue weighted by Crippen LogP contribution is 2.35. The van der Waals surface area contributed by atoms with Crippen LogP contribution in [-0.4, -0.2) is 60.7 Å². The summed E-state index contributed by atoms with van der Waals surface area (Å²) in [5.41, 5.74) is 0.826. The lowest BCUT2D eigenvalue weighted by Crippen LogP contribution is -2.55. The molecule has 4 atom stereocenters. The van der Waals surface area contributed by atoms with Gasteiger partial charge in [0.15, 0.2) is 0 Å². The third-order valence-corrected chi connectivity index (χ3v) is 5.69. The van der Waals surface area contributed by atoms with Gasteiger partial charge in [0.1, 0.15) is 0 Å². The predicted molar refractivity (Wildman–Crippen MR) is 92.9 cm³/mol. The Morgan fingerprint density at radius 3 is 2.92 bits per heavy atom. The van der Waals surface area contributed by atoms with Crippen LogP contribution in [0.25, 0.3) is 0 Å². The maximum atomic E-state index is 12.8. The number of aromatic nitrogens is 1. The summed E-state index contributed by atoms with van der Waals surface area (Å²) in [6.45, 7) is 3.24. The van der Waals surface area contributed by atoms with E-state index >= 15 is 0 Å². The number of nitrogens with zero attached hydrogens (tertiary/aromatic N) is 2. The van der Waals surface area contributed by atoms with Crippen molar-refractivity contribution >= 4 is 11.8 Å². The summed E-state index contributed by atoms with van der Waals surface area (Å²) in [6, 6.07) is 5.64. The van der Waals surface area contributed by atoms with E-state index in [0.29, 0.717) is 39.5 Å². The molecule has 1 unspecified atom stereocenters. The Morgan fingerprint density at radius 2 is 2.15 bits per heavy atom. The van der Waals surface area contributed by atoms with Crippen molar-refractivity contribution in [2.75, 3.05) is 32.9 Å². The van der Waals surface area contributed by atoms with Gasteiger partial charge in [-0.2, -0.15) is 0 Å². The molecule has 0 aliphatic carbocycles. The van der Waals surface area contributed by atoms with E-state index in [1.807, 2.05) is 23.1 Å². The fraction of sp³-hybridized carbons (Fsp3) is 0.632. The van der Waals surface area contributed by atoms with E-state index in [1.54, 1.807) is 6.20 Å². The van der Waals surface area contributed by atoms with Crippen LogP contribution < -0.4 is 5.32 Å². The van der Waals surface area contributed by atoms with Gasteiger partial charge in [-0.3, -0.25) is 14.6 Å². The summed E-state index contributed by atoms with van der Waals surface area (Å²) in [4.78, 5) is 31.7. The number of carbonyl (C=O) groups excluding carboxylic acids is 2. The molecule has 26 heavy (non-hydrogen) atoms. The molecule has 7 heteroatoms. The van der Waals surface area contributed by atoms with Crippen LogP contribution in [0.5, 0.6) is 0 Å². The normalized spacial score (nSPS) is 30.8. The van der Waals surface area contributed by atoms with Crippen LogP contribution in [-0.2, 0) is 25.6 Å². The fourth-order valence-electron chi connectivity index (χ4n) is 4.23. The smallest absolute Gasteiger partial charge is 0.228 e. The number of hydrogen-bond acceptors (Lipinski definition) is 5. The van der Waals surface area contributed by atoms with Crippen molar-refractivity contribution in [3.8, 4) is 0 Å². The Kier molecular flexibility index (Phi) is 5.17. The molecule has 3 aliphatic rings. The molecule has 0 spiro atoms. The first kappa shape index (κ1) is 17.4. The van der Waals surface area contributed by atoms with E-state index in [1.165, 1.54) is 0 Å². The van der Waals surface area contributed by atoms with Gasteiger partial charge in [-0.15, -0.1) is 0 Å². The monoisotopic (exact) mass is 359 g/mol. The van der Waals surface area contributed by atoms with E-state index in [2.05, 4.69) is 10.3 Å². The average molecular weight is 359 g/mol. The number of nitrogens with one attached hydrogen (secondary N) is 1. The molecular weight excluding hydrogens is 334 g/mol. The van der Waals surface area contributed by atoms with Gasteiger partial charge in [0.2, 0.25) is 11.8 Å². The first-order chi connectivity index (χ1) is 12.7. The summed E-state index contributed by atoms with van der Waals surface area (Å²) in [5.74, 6) is -0.0469. The topological polar surface area (TPSA) is 80.8 Å². The van der Waals surface area contributed by atoms with E-state index in [0.717, 1.165) is 18.5 Å². The second-order valence-corrected chi connectivity index (χ2v) is 7.31. The zero-order chi connectivity index (χ0) is 17.9. The zero-order valence-corrected chi connectivity index (χ0v) is 14.8. The predicted octanol–water partition coefficient (Wildman–Crippen LogP) is 0.598. The van der Waals surface area contributed by atoms with Gasteiger partial charge >= 0.3 is 0 Å². The molecule has 7 nitrogen and oxygen atoms in total. The van der Waals surface area contributed by atoms with Gasteiger partial charge in [0, 0.05) is 38.4 Å². The molecule has 3 fully saturated rings. The quantitative estimate of drug-likeness (QED) is 0.851. The lowest BCUT2D eigenvalue weighted by molar-refractivity contribution is -0.145. The molecule has 0 saturated carbocycles. The average Bonchev–Trinajstić information content (AvgIpc) is 3.37. The first-order valence-corrected chi connectivity index (χ1v) is 9.38. The zero-order valence-electron chi connectivity index (χ0n) is 14.8. The van der Waals surface area contributed by atoms with Crippen molar-refractivity contribution in [2.24, 2.45) is 17.8 Å². The van der Waals surface area contributed by atoms with Gasteiger partial charge in [-0.1, -0.05) is 6.07 Å². The molecule has 0 aromatic carbocycles. The summed E-state index contributed by atoms with van der Waals surface area (Å²) in [6.07, 6.45) is 3.31. The third kappa shape index (κ3) is 3.59. The number of ether oxygens (including phenoxy) is 2. The minimum Gasteiger partial charge on any atom is -0.381 e. The molecule has 1 N–H and O–H groups in total. The molecule has 1 aromatic rings. The molecule has 1 aromatic heterocycles.